The van der Waals surface area contributed by atoms with E-state index in [0.29, 0.717) is 12.5 Å². The monoisotopic (exact) mass is 364 g/mol. The van der Waals surface area contributed by atoms with Crippen LogP contribution in [-0.4, -0.2) is 30.8 Å². The summed E-state index contributed by atoms with van der Waals surface area (Å²) in [5.41, 5.74) is 3.79. The van der Waals surface area contributed by atoms with E-state index in [4.69, 9.17) is 4.74 Å². The predicted octanol–water partition coefficient (Wildman–Crippen LogP) is 3.42. The lowest BCUT2D eigenvalue weighted by molar-refractivity contribution is 0.402. The molecule has 2 aromatic carbocycles. The Bertz CT molecular complexity index is 981. The van der Waals surface area contributed by atoms with E-state index in [1.165, 1.54) is 7.11 Å². The normalized spacial score (nSPS) is 10.5. The number of nitrogens with one attached hydrogen (secondary N) is 1. The number of hydrogen-bond acceptors (Lipinski definition) is 5. The zero-order valence-corrected chi connectivity index (χ0v) is 16.1. The van der Waals surface area contributed by atoms with Gasteiger partial charge in [-0.2, -0.15) is 4.98 Å². The average molecular weight is 364 g/mol. The van der Waals surface area contributed by atoms with E-state index in [-0.39, 0.29) is 5.75 Å². The number of nitrogens with zero attached hydrogens (tertiary/aromatic N) is 3. The lowest BCUT2D eigenvalue weighted by Gasteiger charge is -2.18. The van der Waals surface area contributed by atoms with Crippen LogP contribution in [0, 0.1) is 6.92 Å². The van der Waals surface area contributed by atoms with Crippen molar-refractivity contribution in [3.63, 3.8) is 0 Å². The van der Waals surface area contributed by atoms with Crippen molar-refractivity contribution in [1.82, 2.24) is 9.55 Å². The molecule has 3 rings (SSSR count). The molecule has 0 spiro atoms. The highest BCUT2D eigenvalue weighted by molar-refractivity contribution is 5.64. The van der Waals surface area contributed by atoms with Gasteiger partial charge in [0.25, 0.3) is 0 Å². The molecule has 1 N–H and O–H groups in total. The molecule has 140 valence electrons. The molecule has 0 aliphatic heterocycles. The average Bonchev–Trinajstić information content (AvgIpc) is 2.66. The smallest absolute Gasteiger partial charge is 0.316 e. The number of aromatic nitrogens is 2. The molecule has 0 saturated heterocycles. The maximum absolute atomic E-state index is 12.2. The molecule has 0 atom stereocenters. The van der Waals surface area contributed by atoms with Gasteiger partial charge in [-0.25, -0.2) is 0 Å². The third-order valence-electron chi connectivity index (χ3n) is 4.35. The zero-order chi connectivity index (χ0) is 19.4. The van der Waals surface area contributed by atoms with Crippen LogP contribution in [0.5, 0.6) is 5.75 Å². The molecular formula is C21H24N4O2. The van der Waals surface area contributed by atoms with Crippen LogP contribution in [0.1, 0.15) is 11.1 Å². The van der Waals surface area contributed by atoms with Crippen LogP contribution in [0.15, 0.2) is 59.5 Å². The van der Waals surface area contributed by atoms with Gasteiger partial charge in [-0.15, -0.1) is 0 Å². The second-order valence-electron chi connectivity index (χ2n) is 6.57. The van der Waals surface area contributed by atoms with Gasteiger partial charge in [-0.3, -0.25) is 4.79 Å². The number of rotatable bonds is 6. The first-order valence-corrected chi connectivity index (χ1v) is 8.72. The van der Waals surface area contributed by atoms with Crippen molar-refractivity contribution in [2.45, 2.75) is 13.5 Å². The first kappa shape index (κ1) is 18.5. The van der Waals surface area contributed by atoms with E-state index in [9.17, 15) is 4.79 Å². The molecule has 6 nitrogen and oxygen atoms in total. The van der Waals surface area contributed by atoms with Gasteiger partial charge >= 0.3 is 5.56 Å². The lowest BCUT2D eigenvalue weighted by atomic mass is 10.1. The number of ether oxygens (including phenoxy) is 1. The van der Waals surface area contributed by atoms with Gasteiger partial charge in [0.05, 0.1) is 19.9 Å². The summed E-state index contributed by atoms with van der Waals surface area (Å²) >= 11 is 0. The quantitative estimate of drug-likeness (QED) is 0.726. The van der Waals surface area contributed by atoms with E-state index in [1.807, 2.05) is 73.0 Å². The Morgan fingerprint density at radius 3 is 2.52 bits per heavy atom. The molecule has 0 fully saturated rings. The van der Waals surface area contributed by atoms with Crippen LogP contribution < -0.4 is 20.5 Å². The highest BCUT2D eigenvalue weighted by atomic mass is 16.5. The second kappa shape index (κ2) is 7.95. The fourth-order valence-electron chi connectivity index (χ4n) is 2.80. The van der Waals surface area contributed by atoms with Crippen molar-refractivity contribution < 1.29 is 4.74 Å². The van der Waals surface area contributed by atoms with Crippen LogP contribution in [0.25, 0.3) is 0 Å². The summed E-state index contributed by atoms with van der Waals surface area (Å²) in [6, 6.07) is 16.1. The van der Waals surface area contributed by atoms with Crippen LogP contribution in [0.2, 0.25) is 0 Å². The Balaban J connectivity index is 1.99. The van der Waals surface area contributed by atoms with Crippen molar-refractivity contribution in [2.75, 3.05) is 31.4 Å². The van der Waals surface area contributed by atoms with Gasteiger partial charge in [0.1, 0.15) is 0 Å². The molecule has 27 heavy (non-hydrogen) atoms. The van der Waals surface area contributed by atoms with Gasteiger partial charge in [0, 0.05) is 25.5 Å². The molecule has 1 heterocycles. The molecule has 6 heteroatoms. The molecule has 0 aliphatic rings. The first-order chi connectivity index (χ1) is 13.0. The molecule has 3 aromatic rings. The van der Waals surface area contributed by atoms with Crippen LogP contribution in [0.3, 0.4) is 0 Å². The lowest BCUT2D eigenvalue weighted by Crippen LogP contribution is -2.19. The van der Waals surface area contributed by atoms with Gasteiger partial charge in [0.15, 0.2) is 0 Å². The van der Waals surface area contributed by atoms with Gasteiger partial charge in [0.2, 0.25) is 11.7 Å². The van der Waals surface area contributed by atoms with Crippen LogP contribution in [-0.2, 0) is 6.54 Å². The Kier molecular flexibility index (Phi) is 5.45. The molecule has 0 unspecified atom stereocenters. The highest BCUT2D eigenvalue weighted by Crippen LogP contribution is 2.24. The van der Waals surface area contributed by atoms with E-state index >= 15 is 0 Å². The number of benzene rings is 2. The van der Waals surface area contributed by atoms with Gasteiger partial charge in [-0.05, 0) is 36.2 Å². The number of aryl methyl sites for hydroxylation is 1. The maximum atomic E-state index is 12.2. The second-order valence-corrected chi connectivity index (χ2v) is 6.57. The first-order valence-electron chi connectivity index (χ1n) is 8.72. The van der Waals surface area contributed by atoms with Gasteiger partial charge < -0.3 is 19.5 Å². The SMILES string of the molecule is COc1cn(Cc2ccccc2)c(Nc2ccc(N(C)C)cc2C)nc1=O. The van der Waals surface area contributed by atoms with Crippen LogP contribution >= 0.6 is 0 Å². The molecule has 0 amide bonds. The predicted molar refractivity (Wildman–Crippen MR) is 109 cm³/mol. The molecule has 0 radical (unpaired) electrons. The number of anilines is 3. The molecular weight excluding hydrogens is 340 g/mol. The summed E-state index contributed by atoms with van der Waals surface area (Å²) in [6.45, 7) is 2.60. The molecule has 0 aliphatic carbocycles. The molecule has 0 bridgehead atoms. The summed E-state index contributed by atoms with van der Waals surface area (Å²) in [7, 11) is 5.48. The van der Waals surface area contributed by atoms with Crippen molar-refractivity contribution in [1.29, 1.82) is 0 Å². The molecule has 1 aromatic heterocycles. The Morgan fingerprint density at radius 1 is 1.15 bits per heavy atom. The maximum Gasteiger partial charge on any atom is 0.316 e. The van der Waals surface area contributed by atoms with E-state index < -0.39 is 5.56 Å². The van der Waals surface area contributed by atoms with Crippen molar-refractivity contribution in [3.8, 4) is 5.75 Å². The topological polar surface area (TPSA) is 59.4 Å². The van der Waals surface area contributed by atoms with Gasteiger partial charge in [-0.1, -0.05) is 30.3 Å². The Hall–Kier alpha value is -3.28. The molecule has 0 saturated carbocycles. The van der Waals surface area contributed by atoms with E-state index in [2.05, 4.69) is 16.4 Å². The zero-order valence-electron chi connectivity index (χ0n) is 16.1. The summed E-state index contributed by atoms with van der Waals surface area (Å²) in [5, 5.41) is 3.30. The Morgan fingerprint density at radius 2 is 1.89 bits per heavy atom. The van der Waals surface area contributed by atoms with Crippen molar-refractivity contribution >= 4 is 17.3 Å². The third kappa shape index (κ3) is 4.28. The number of hydrogen-bond donors (Lipinski definition) is 1. The minimum Gasteiger partial charge on any atom is -0.490 e. The van der Waals surface area contributed by atoms with Crippen molar-refractivity contribution in [2.24, 2.45) is 0 Å². The van der Waals surface area contributed by atoms with Crippen LogP contribution in [0.4, 0.5) is 17.3 Å². The largest absolute Gasteiger partial charge is 0.490 e. The fourth-order valence-corrected chi connectivity index (χ4v) is 2.80. The van der Waals surface area contributed by atoms with E-state index in [1.54, 1.807) is 6.20 Å². The minimum atomic E-state index is -0.396. The highest BCUT2D eigenvalue weighted by Gasteiger charge is 2.11. The Labute approximate surface area is 159 Å². The standard InChI is InChI=1S/C21H24N4O2/c1-15-12-17(24(2)3)10-11-18(15)22-21-23-20(26)19(27-4)14-25(21)13-16-8-6-5-7-9-16/h5-12,14H,13H2,1-4H3,(H,22,23,26). The minimum absolute atomic E-state index is 0.219. The third-order valence-corrected chi connectivity index (χ3v) is 4.35. The van der Waals surface area contributed by atoms with E-state index in [0.717, 1.165) is 22.5 Å². The fraction of sp³-hybridized carbons (Fsp3) is 0.238. The number of methoxy groups -OCH3 is 1. The summed E-state index contributed by atoms with van der Waals surface area (Å²) < 4.78 is 7.05. The summed E-state index contributed by atoms with van der Waals surface area (Å²) in [4.78, 5) is 18.4. The summed E-state index contributed by atoms with van der Waals surface area (Å²) in [5.74, 6) is 0.696. The van der Waals surface area contributed by atoms with Crippen molar-refractivity contribution in [3.05, 3.63) is 76.2 Å². The summed E-state index contributed by atoms with van der Waals surface area (Å²) in [6.07, 6.45) is 1.69.